The highest BCUT2D eigenvalue weighted by atomic mass is 19.4. The zero-order chi connectivity index (χ0) is 26.0. The second kappa shape index (κ2) is 12.4. The zero-order valence-electron chi connectivity index (χ0n) is 19.2. The molecule has 0 atom stereocenters. The first-order valence-corrected chi connectivity index (χ1v) is 10.7. The van der Waals surface area contributed by atoms with Crippen molar-refractivity contribution in [3.63, 3.8) is 0 Å². The molecule has 0 aliphatic heterocycles. The number of pyridine rings is 3. The van der Waals surface area contributed by atoms with Crippen molar-refractivity contribution in [2.45, 2.75) is 13.1 Å². The molecule has 12 heteroatoms. The van der Waals surface area contributed by atoms with Gasteiger partial charge in [-0.3, -0.25) is 9.78 Å². The lowest BCUT2D eigenvalue weighted by atomic mass is 10.1. The van der Waals surface area contributed by atoms with Gasteiger partial charge in [0.05, 0.1) is 24.2 Å². The fourth-order valence-electron chi connectivity index (χ4n) is 2.80. The number of carbonyl (C=O) groups is 1. The Morgan fingerprint density at radius 2 is 1.89 bits per heavy atom. The lowest BCUT2D eigenvalue weighted by Gasteiger charge is -2.15. The third kappa shape index (κ3) is 7.87. The quantitative estimate of drug-likeness (QED) is 0.262. The molecule has 3 N–H and O–H groups in total. The van der Waals surface area contributed by atoms with Crippen molar-refractivity contribution in [1.29, 1.82) is 5.41 Å². The van der Waals surface area contributed by atoms with Crippen LogP contribution in [0.25, 0.3) is 0 Å². The molecule has 9 nitrogen and oxygen atoms in total. The summed E-state index contributed by atoms with van der Waals surface area (Å²) in [5, 5.41) is 12.7. The predicted octanol–water partition coefficient (Wildman–Crippen LogP) is 4.47. The van der Waals surface area contributed by atoms with Crippen molar-refractivity contribution in [2.75, 3.05) is 30.5 Å². The highest BCUT2D eigenvalue weighted by Crippen LogP contribution is 2.27. The summed E-state index contributed by atoms with van der Waals surface area (Å²) in [6, 6.07) is 8.62. The molecule has 3 aromatic heterocycles. The van der Waals surface area contributed by atoms with E-state index in [-0.39, 0.29) is 40.8 Å². The average Bonchev–Trinajstić information content (AvgIpc) is 2.87. The first-order chi connectivity index (χ1) is 17.3. The van der Waals surface area contributed by atoms with Gasteiger partial charge in [0, 0.05) is 42.4 Å². The van der Waals surface area contributed by atoms with Crippen LogP contribution in [0, 0.1) is 5.41 Å². The van der Waals surface area contributed by atoms with Crippen molar-refractivity contribution >= 4 is 23.1 Å². The summed E-state index contributed by atoms with van der Waals surface area (Å²) in [7, 11) is 0. The number of anilines is 2. The normalized spacial score (nSPS) is 11.6. The van der Waals surface area contributed by atoms with Gasteiger partial charge in [-0.1, -0.05) is 0 Å². The van der Waals surface area contributed by atoms with E-state index in [0.29, 0.717) is 19.3 Å². The van der Waals surface area contributed by atoms with Gasteiger partial charge in [0.2, 0.25) is 5.88 Å². The fourth-order valence-corrected chi connectivity index (χ4v) is 2.80. The summed E-state index contributed by atoms with van der Waals surface area (Å²) in [6.45, 7) is 3.08. The highest BCUT2D eigenvalue weighted by Gasteiger charge is 2.34. The van der Waals surface area contributed by atoms with Gasteiger partial charge < -0.3 is 25.5 Å². The SMILES string of the molecule is CCOCCOc1cc(C(=O)Nc2ccc(N/C(=C\C(=N)c3cccnc3)C(F)(F)F)cn2)ccn1. The summed E-state index contributed by atoms with van der Waals surface area (Å²) >= 11 is 0. The van der Waals surface area contributed by atoms with Crippen LogP contribution in [0.3, 0.4) is 0 Å². The van der Waals surface area contributed by atoms with Crippen LogP contribution in [0.15, 0.2) is 73.0 Å². The van der Waals surface area contributed by atoms with E-state index in [0.717, 1.165) is 6.20 Å². The van der Waals surface area contributed by atoms with Crippen molar-refractivity contribution in [1.82, 2.24) is 15.0 Å². The number of amides is 1. The Bertz CT molecular complexity index is 1200. The minimum Gasteiger partial charge on any atom is -0.475 e. The van der Waals surface area contributed by atoms with E-state index in [2.05, 4.69) is 25.6 Å². The Balaban J connectivity index is 1.65. The first kappa shape index (κ1) is 26.3. The van der Waals surface area contributed by atoms with Crippen LogP contribution < -0.4 is 15.4 Å². The molecule has 0 unspecified atom stereocenters. The predicted molar refractivity (Wildman–Crippen MR) is 127 cm³/mol. The summed E-state index contributed by atoms with van der Waals surface area (Å²) in [6.07, 6.45) is 1.23. The van der Waals surface area contributed by atoms with E-state index in [9.17, 15) is 18.0 Å². The Morgan fingerprint density at radius 3 is 2.56 bits per heavy atom. The number of ether oxygens (including phenoxy) is 2. The number of nitrogens with zero attached hydrogens (tertiary/aromatic N) is 3. The van der Waals surface area contributed by atoms with Crippen LogP contribution in [0.5, 0.6) is 5.88 Å². The third-order valence-electron chi connectivity index (χ3n) is 4.53. The molecule has 0 fully saturated rings. The number of hydrogen-bond acceptors (Lipinski definition) is 8. The monoisotopic (exact) mass is 500 g/mol. The van der Waals surface area contributed by atoms with E-state index < -0.39 is 17.8 Å². The Kier molecular flexibility index (Phi) is 9.06. The van der Waals surface area contributed by atoms with Gasteiger partial charge in [-0.25, -0.2) is 9.97 Å². The van der Waals surface area contributed by atoms with Crippen molar-refractivity contribution in [3.8, 4) is 5.88 Å². The molecule has 1 amide bonds. The second-order valence-corrected chi connectivity index (χ2v) is 7.15. The molecule has 0 radical (unpaired) electrons. The van der Waals surface area contributed by atoms with Gasteiger partial charge in [-0.15, -0.1) is 0 Å². The molecular weight excluding hydrogens is 477 g/mol. The molecule has 3 rings (SSSR count). The Morgan fingerprint density at radius 1 is 1.06 bits per heavy atom. The highest BCUT2D eigenvalue weighted by molar-refractivity contribution is 6.07. The summed E-state index contributed by atoms with van der Waals surface area (Å²) < 4.78 is 51.2. The summed E-state index contributed by atoms with van der Waals surface area (Å²) in [5.41, 5.74) is -1.00. The van der Waals surface area contributed by atoms with Crippen molar-refractivity contribution < 1.29 is 27.4 Å². The molecule has 0 saturated heterocycles. The number of aromatic nitrogens is 3. The topological polar surface area (TPSA) is 122 Å². The number of alkyl halides is 3. The van der Waals surface area contributed by atoms with Gasteiger partial charge in [-0.05, 0) is 43.3 Å². The van der Waals surface area contributed by atoms with Gasteiger partial charge >= 0.3 is 6.18 Å². The van der Waals surface area contributed by atoms with E-state index in [1.165, 1.54) is 55.0 Å². The zero-order valence-corrected chi connectivity index (χ0v) is 19.2. The molecule has 3 aromatic rings. The van der Waals surface area contributed by atoms with Crippen LogP contribution in [-0.4, -0.2) is 52.6 Å². The lowest BCUT2D eigenvalue weighted by molar-refractivity contribution is -0.0901. The van der Waals surface area contributed by atoms with E-state index in [1.807, 2.05) is 6.92 Å². The number of halogens is 3. The molecule has 36 heavy (non-hydrogen) atoms. The number of allylic oxidation sites excluding steroid dienone is 2. The van der Waals surface area contributed by atoms with Crippen molar-refractivity contribution in [2.24, 2.45) is 0 Å². The fraction of sp³-hybridized carbons (Fsp3) is 0.208. The lowest BCUT2D eigenvalue weighted by Crippen LogP contribution is -2.21. The smallest absolute Gasteiger partial charge is 0.431 e. The van der Waals surface area contributed by atoms with E-state index in [4.69, 9.17) is 14.9 Å². The molecule has 0 saturated carbocycles. The number of hydrogen-bond donors (Lipinski definition) is 3. The minimum absolute atomic E-state index is 0.0180. The van der Waals surface area contributed by atoms with Gasteiger partial charge in [0.25, 0.3) is 5.91 Å². The molecule has 0 aliphatic carbocycles. The Hall–Kier alpha value is -4.32. The molecule has 0 spiro atoms. The minimum atomic E-state index is -4.74. The van der Waals surface area contributed by atoms with Crippen LogP contribution >= 0.6 is 0 Å². The number of nitrogens with one attached hydrogen (secondary N) is 3. The van der Waals surface area contributed by atoms with Gasteiger partial charge in [0.15, 0.2) is 0 Å². The third-order valence-corrected chi connectivity index (χ3v) is 4.53. The molecule has 0 aromatic carbocycles. The molecule has 0 bridgehead atoms. The van der Waals surface area contributed by atoms with E-state index >= 15 is 0 Å². The van der Waals surface area contributed by atoms with Crippen molar-refractivity contribution in [3.05, 3.63) is 84.1 Å². The number of rotatable bonds is 11. The van der Waals surface area contributed by atoms with Crippen LogP contribution in [0.4, 0.5) is 24.7 Å². The summed E-state index contributed by atoms with van der Waals surface area (Å²) in [4.78, 5) is 24.4. The molecular formula is C24H23F3N6O3. The van der Waals surface area contributed by atoms with Crippen LogP contribution in [0.2, 0.25) is 0 Å². The van der Waals surface area contributed by atoms with Gasteiger partial charge in [-0.2, -0.15) is 13.2 Å². The summed E-state index contributed by atoms with van der Waals surface area (Å²) in [5.74, 6) is -0.124. The van der Waals surface area contributed by atoms with Crippen LogP contribution in [0.1, 0.15) is 22.8 Å². The van der Waals surface area contributed by atoms with E-state index in [1.54, 1.807) is 0 Å². The maximum Gasteiger partial charge on any atom is 0.431 e. The Labute approximate surface area is 204 Å². The standard InChI is InChI=1S/C24H23F3N6O3/c1-2-35-10-11-36-22-12-16(7-9-30-22)23(34)33-21-6-5-18(15-31-21)32-20(24(25,26)27)13-19(28)17-4-3-8-29-14-17/h3-9,12-15,28,32H,2,10-11H2,1H3,(H,31,33,34)/b20-13-,28-19?. The number of carbonyl (C=O) groups excluding carboxylic acids is 1. The molecule has 3 heterocycles. The largest absolute Gasteiger partial charge is 0.475 e. The molecule has 188 valence electrons. The molecule has 0 aliphatic rings. The van der Waals surface area contributed by atoms with Gasteiger partial charge in [0.1, 0.15) is 18.1 Å². The van der Waals surface area contributed by atoms with Crippen LogP contribution in [-0.2, 0) is 4.74 Å². The second-order valence-electron chi connectivity index (χ2n) is 7.15. The maximum absolute atomic E-state index is 13.5. The maximum atomic E-state index is 13.5. The average molecular weight is 500 g/mol. The first-order valence-electron chi connectivity index (χ1n) is 10.7.